The summed E-state index contributed by atoms with van der Waals surface area (Å²) in [6, 6.07) is 1.21. The monoisotopic (exact) mass is 277 g/mol. The molecule has 0 spiro atoms. The first-order valence-corrected chi connectivity index (χ1v) is 7.48. The molecule has 1 aliphatic rings. The number of oxazole rings is 1. The van der Waals surface area contributed by atoms with Crippen molar-refractivity contribution in [3.8, 4) is 0 Å². The molecule has 1 aromatic heterocycles. The molecule has 2 heterocycles. The Labute approximate surface area is 122 Å². The highest BCUT2D eigenvalue weighted by atomic mass is 16.4. The Kier molecular flexibility index (Phi) is 4.53. The van der Waals surface area contributed by atoms with Gasteiger partial charge in [0.15, 0.2) is 0 Å². The van der Waals surface area contributed by atoms with Gasteiger partial charge in [-0.2, -0.15) is 4.98 Å². The molecule has 0 fully saturated rings. The summed E-state index contributed by atoms with van der Waals surface area (Å²) in [4.78, 5) is 6.76. The van der Waals surface area contributed by atoms with E-state index < -0.39 is 0 Å². The van der Waals surface area contributed by atoms with Crippen LogP contribution in [0.2, 0.25) is 0 Å². The molecule has 0 aliphatic carbocycles. The zero-order valence-electron chi connectivity index (χ0n) is 13.4. The van der Waals surface area contributed by atoms with Crippen LogP contribution < -0.4 is 10.2 Å². The topological polar surface area (TPSA) is 41.3 Å². The van der Waals surface area contributed by atoms with Gasteiger partial charge in [0.05, 0.1) is 5.69 Å². The average molecular weight is 277 g/mol. The third-order valence-corrected chi connectivity index (χ3v) is 3.67. The van der Waals surface area contributed by atoms with Crippen LogP contribution in [0.4, 0.5) is 6.01 Å². The van der Waals surface area contributed by atoms with Crippen LogP contribution in [0.15, 0.2) is 22.3 Å². The minimum atomic E-state index is 0.273. The van der Waals surface area contributed by atoms with Crippen molar-refractivity contribution in [3.63, 3.8) is 0 Å². The highest BCUT2D eigenvalue weighted by molar-refractivity contribution is 5.33. The van der Waals surface area contributed by atoms with Gasteiger partial charge in [0.25, 0.3) is 6.01 Å². The van der Waals surface area contributed by atoms with Gasteiger partial charge in [-0.05, 0) is 11.8 Å². The van der Waals surface area contributed by atoms with Crippen molar-refractivity contribution in [1.29, 1.82) is 0 Å². The molecule has 20 heavy (non-hydrogen) atoms. The van der Waals surface area contributed by atoms with Crippen molar-refractivity contribution in [1.82, 2.24) is 10.3 Å². The van der Waals surface area contributed by atoms with Gasteiger partial charge in [-0.3, -0.25) is 0 Å². The van der Waals surface area contributed by atoms with Crippen LogP contribution in [0.5, 0.6) is 0 Å². The number of hydrogen-bond acceptors (Lipinski definition) is 4. The van der Waals surface area contributed by atoms with E-state index in [1.54, 1.807) is 6.26 Å². The average Bonchev–Trinajstić information content (AvgIpc) is 2.84. The van der Waals surface area contributed by atoms with Crippen LogP contribution >= 0.6 is 0 Å². The lowest BCUT2D eigenvalue weighted by atomic mass is 9.83. The molecule has 4 nitrogen and oxygen atoms in total. The first kappa shape index (κ1) is 15.1. The molecule has 0 saturated carbocycles. The fourth-order valence-corrected chi connectivity index (χ4v) is 2.36. The molecular formula is C16H27N3O. The molecule has 0 bridgehead atoms. The van der Waals surface area contributed by atoms with E-state index in [9.17, 15) is 0 Å². The lowest BCUT2D eigenvalue weighted by Crippen LogP contribution is -2.31. The van der Waals surface area contributed by atoms with E-state index in [1.807, 2.05) is 0 Å². The van der Waals surface area contributed by atoms with Gasteiger partial charge in [-0.1, -0.05) is 46.3 Å². The minimum absolute atomic E-state index is 0.273. The van der Waals surface area contributed by atoms with E-state index in [2.05, 4.69) is 55.9 Å². The lowest BCUT2D eigenvalue weighted by molar-refractivity contribution is 0.463. The molecule has 2 rings (SSSR count). The SMILES string of the molecule is CC(C)NCc1coc(N2CC=C(C(C)(C)C)CC2)n1. The maximum Gasteiger partial charge on any atom is 0.297 e. The van der Waals surface area contributed by atoms with Gasteiger partial charge in [-0.25, -0.2) is 0 Å². The number of aromatic nitrogens is 1. The predicted octanol–water partition coefficient (Wildman–Crippen LogP) is 3.36. The normalized spacial score (nSPS) is 16.7. The summed E-state index contributed by atoms with van der Waals surface area (Å²) in [5.41, 5.74) is 2.77. The molecule has 112 valence electrons. The van der Waals surface area contributed by atoms with Crippen molar-refractivity contribution in [2.75, 3.05) is 18.0 Å². The van der Waals surface area contributed by atoms with Gasteiger partial charge in [-0.15, -0.1) is 0 Å². The molecule has 0 saturated heterocycles. The van der Waals surface area contributed by atoms with Crippen molar-refractivity contribution in [2.45, 2.75) is 53.6 Å². The molecule has 0 aromatic carbocycles. The highest BCUT2D eigenvalue weighted by Gasteiger charge is 2.23. The number of nitrogens with one attached hydrogen (secondary N) is 1. The molecule has 0 radical (unpaired) electrons. The second-order valence-corrected chi connectivity index (χ2v) is 6.83. The van der Waals surface area contributed by atoms with Crippen molar-refractivity contribution in [2.24, 2.45) is 5.41 Å². The second-order valence-electron chi connectivity index (χ2n) is 6.83. The van der Waals surface area contributed by atoms with Crippen molar-refractivity contribution >= 4 is 6.01 Å². The highest BCUT2D eigenvalue weighted by Crippen LogP contribution is 2.31. The summed E-state index contributed by atoms with van der Waals surface area (Å²) < 4.78 is 5.60. The van der Waals surface area contributed by atoms with Gasteiger partial charge >= 0.3 is 0 Å². The largest absolute Gasteiger partial charge is 0.432 e. The third kappa shape index (κ3) is 3.85. The van der Waals surface area contributed by atoms with E-state index in [0.29, 0.717) is 6.04 Å². The Balaban J connectivity index is 1.96. The molecular weight excluding hydrogens is 250 g/mol. The summed E-state index contributed by atoms with van der Waals surface area (Å²) in [6.07, 6.45) is 5.17. The van der Waals surface area contributed by atoms with Crippen molar-refractivity contribution in [3.05, 3.63) is 23.6 Å². The quantitative estimate of drug-likeness (QED) is 0.857. The minimum Gasteiger partial charge on any atom is -0.432 e. The maximum atomic E-state index is 5.60. The summed E-state index contributed by atoms with van der Waals surface area (Å²) in [7, 11) is 0. The Morgan fingerprint density at radius 2 is 2.15 bits per heavy atom. The van der Waals surface area contributed by atoms with E-state index in [1.165, 1.54) is 5.57 Å². The number of rotatable bonds is 4. The van der Waals surface area contributed by atoms with Crippen molar-refractivity contribution < 1.29 is 4.42 Å². The smallest absolute Gasteiger partial charge is 0.297 e. The number of nitrogens with zero attached hydrogens (tertiary/aromatic N) is 2. The molecule has 1 aliphatic heterocycles. The van der Waals surface area contributed by atoms with E-state index >= 15 is 0 Å². The van der Waals surface area contributed by atoms with E-state index in [4.69, 9.17) is 4.42 Å². The maximum absolute atomic E-state index is 5.60. The molecule has 0 amide bonds. The third-order valence-electron chi connectivity index (χ3n) is 3.67. The molecule has 1 N–H and O–H groups in total. The molecule has 0 atom stereocenters. The van der Waals surface area contributed by atoms with Crippen LogP contribution in [0.1, 0.15) is 46.7 Å². The second kappa shape index (κ2) is 6.00. The predicted molar refractivity (Wildman–Crippen MR) is 82.8 cm³/mol. The summed E-state index contributed by atoms with van der Waals surface area (Å²) >= 11 is 0. The number of hydrogen-bond donors (Lipinski definition) is 1. The van der Waals surface area contributed by atoms with E-state index in [-0.39, 0.29) is 5.41 Å². The van der Waals surface area contributed by atoms with Crippen LogP contribution in [0.25, 0.3) is 0 Å². The Morgan fingerprint density at radius 1 is 1.40 bits per heavy atom. The zero-order chi connectivity index (χ0) is 14.8. The molecule has 4 heteroatoms. The number of anilines is 1. The van der Waals surface area contributed by atoms with Gasteiger partial charge in [0, 0.05) is 25.7 Å². The molecule has 1 aromatic rings. The zero-order valence-corrected chi connectivity index (χ0v) is 13.4. The summed E-state index contributed by atoms with van der Waals surface area (Å²) in [6.45, 7) is 13.7. The Morgan fingerprint density at radius 3 is 2.70 bits per heavy atom. The fraction of sp³-hybridized carbons (Fsp3) is 0.688. The Hall–Kier alpha value is -1.29. The lowest BCUT2D eigenvalue weighted by Gasteiger charge is -2.31. The van der Waals surface area contributed by atoms with Gasteiger partial charge in [0.1, 0.15) is 6.26 Å². The fourth-order valence-electron chi connectivity index (χ4n) is 2.36. The van der Waals surface area contributed by atoms with Crippen LogP contribution in [-0.2, 0) is 6.54 Å². The van der Waals surface area contributed by atoms with Crippen LogP contribution in [0, 0.1) is 5.41 Å². The summed E-state index contributed by atoms with van der Waals surface area (Å²) in [5.74, 6) is 0. The first-order chi connectivity index (χ1) is 9.36. The van der Waals surface area contributed by atoms with Crippen LogP contribution in [-0.4, -0.2) is 24.1 Å². The molecule has 0 unspecified atom stereocenters. The van der Waals surface area contributed by atoms with Gasteiger partial charge in [0.2, 0.25) is 0 Å². The summed E-state index contributed by atoms with van der Waals surface area (Å²) in [5, 5.41) is 3.35. The van der Waals surface area contributed by atoms with Crippen LogP contribution in [0.3, 0.4) is 0 Å². The van der Waals surface area contributed by atoms with E-state index in [0.717, 1.165) is 37.8 Å². The Bertz CT molecular complexity index is 468. The first-order valence-electron chi connectivity index (χ1n) is 7.48. The standard InChI is InChI=1S/C16H27N3O/c1-12(2)17-10-14-11-20-15(18-14)19-8-6-13(7-9-19)16(3,4)5/h6,11-12,17H,7-10H2,1-5H3. The van der Waals surface area contributed by atoms with Gasteiger partial charge < -0.3 is 14.6 Å².